The molecule has 0 radical (unpaired) electrons. The Hall–Kier alpha value is -3.57. The molecule has 0 spiro atoms. The summed E-state index contributed by atoms with van der Waals surface area (Å²) in [4.78, 5) is 26.5. The van der Waals surface area contributed by atoms with Crippen molar-refractivity contribution in [2.45, 2.75) is 13.5 Å². The summed E-state index contributed by atoms with van der Waals surface area (Å²) in [5.41, 5.74) is 3.05. The molecule has 31 heavy (non-hydrogen) atoms. The Morgan fingerprint density at radius 3 is 2.52 bits per heavy atom. The number of hydrogen-bond donors (Lipinski definition) is 0. The van der Waals surface area contributed by atoms with E-state index in [-0.39, 0.29) is 23.6 Å². The number of pyridine rings is 1. The monoisotopic (exact) mass is 431 g/mol. The topological polar surface area (TPSA) is 57.5 Å². The third kappa shape index (κ3) is 3.57. The van der Waals surface area contributed by atoms with Crippen molar-refractivity contribution in [2.24, 2.45) is 0 Å². The highest BCUT2D eigenvalue weighted by Gasteiger charge is 2.21. The van der Waals surface area contributed by atoms with E-state index in [1.807, 2.05) is 29.7 Å². The van der Waals surface area contributed by atoms with Crippen LogP contribution in [-0.2, 0) is 6.54 Å². The smallest absolute Gasteiger partial charge is 0.231 e. The molecule has 0 fully saturated rings. The first kappa shape index (κ1) is 19.4. The molecule has 154 valence electrons. The number of fused-ring (bicyclic) bond motifs is 2. The number of nitrogens with zero attached hydrogens (tertiary/aromatic N) is 1. The highest BCUT2D eigenvalue weighted by atomic mass is 35.5. The minimum absolute atomic E-state index is 0.0985. The molecule has 0 bridgehead atoms. The van der Waals surface area contributed by atoms with Gasteiger partial charge in [0, 0.05) is 29.4 Å². The van der Waals surface area contributed by atoms with E-state index in [0.29, 0.717) is 39.5 Å². The molecule has 6 heteroatoms. The van der Waals surface area contributed by atoms with Crippen LogP contribution in [0.4, 0.5) is 0 Å². The maximum absolute atomic E-state index is 13.3. The highest BCUT2D eigenvalue weighted by Crippen LogP contribution is 2.35. The molecule has 0 amide bonds. The van der Waals surface area contributed by atoms with Crippen LogP contribution in [0, 0.1) is 6.92 Å². The fourth-order valence-electron chi connectivity index (χ4n) is 3.84. The van der Waals surface area contributed by atoms with Gasteiger partial charge in [0.1, 0.15) is 0 Å². The van der Waals surface area contributed by atoms with Crippen molar-refractivity contribution in [1.29, 1.82) is 0 Å². The number of ether oxygens (including phenoxy) is 2. The number of benzene rings is 3. The third-order valence-corrected chi connectivity index (χ3v) is 5.61. The van der Waals surface area contributed by atoms with Crippen LogP contribution in [-0.4, -0.2) is 17.1 Å². The minimum atomic E-state index is -0.348. The summed E-state index contributed by atoms with van der Waals surface area (Å²) in [6, 6.07) is 18.1. The molecule has 0 saturated carbocycles. The Kier molecular flexibility index (Phi) is 4.75. The van der Waals surface area contributed by atoms with E-state index in [9.17, 15) is 9.59 Å². The van der Waals surface area contributed by atoms with Crippen LogP contribution in [0.15, 0.2) is 71.7 Å². The summed E-state index contributed by atoms with van der Waals surface area (Å²) >= 11 is 5.95. The largest absolute Gasteiger partial charge is 0.454 e. The highest BCUT2D eigenvalue weighted by molar-refractivity contribution is 6.30. The van der Waals surface area contributed by atoms with Crippen LogP contribution in [0.1, 0.15) is 27.0 Å². The Morgan fingerprint density at radius 1 is 1.03 bits per heavy atom. The van der Waals surface area contributed by atoms with E-state index >= 15 is 0 Å². The van der Waals surface area contributed by atoms with Gasteiger partial charge in [0.2, 0.25) is 12.2 Å². The lowest BCUT2D eigenvalue weighted by molar-refractivity contribution is 0.103. The number of carbonyl (C=O) groups is 1. The molecule has 3 aromatic carbocycles. The Bertz CT molecular complexity index is 1390. The van der Waals surface area contributed by atoms with Crippen LogP contribution >= 0.6 is 11.6 Å². The van der Waals surface area contributed by atoms with Crippen molar-refractivity contribution in [2.75, 3.05) is 6.79 Å². The van der Waals surface area contributed by atoms with Crippen molar-refractivity contribution in [1.82, 2.24) is 4.57 Å². The standard InChI is InChI=1S/C25H18ClNO4/c1-15-3-2-4-16(9-15)12-27-13-20(24(28)17-5-7-18(26)8-6-17)25(29)19-10-22-23(11-21(19)27)31-14-30-22/h2-11,13H,12,14H2,1H3. The average molecular weight is 432 g/mol. The van der Waals surface area contributed by atoms with Crippen LogP contribution in [0.2, 0.25) is 5.02 Å². The zero-order valence-corrected chi connectivity index (χ0v) is 17.5. The molecule has 0 atom stereocenters. The van der Waals surface area contributed by atoms with Gasteiger partial charge in [0.15, 0.2) is 17.3 Å². The molecule has 0 aliphatic carbocycles. The molecule has 5 rings (SSSR count). The average Bonchev–Trinajstić information content (AvgIpc) is 3.22. The summed E-state index contributed by atoms with van der Waals surface area (Å²) in [6.45, 7) is 2.63. The first-order valence-electron chi connectivity index (χ1n) is 9.82. The molecule has 1 aliphatic rings. The molecule has 0 N–H and O–H groups in total. The fraction of sp³-hybridized carbons (Fsp3) is 0.120. The van der Waals surface area contributed by atoms with Crippen LogP contribution in [0.3, 0.4) is 0 Å². The maximum atomic E-state index is 13.3. The van der Waals surface area contributed by atoms with E-state index in [1.54, 1.807) is 42.6 Å². The number of ketones is 1. The molecule has 0 saturated heterocycles. The summed E-state index contributed by atoms with van der Waals surface area (Å²) in [7, 11) is 0. The van der Waals surface area contributed by atoms with E-state index in [1.165, 1.54) is 0 Å². The summed E-state index contributed by atoms with van der Waals surface area (Å²) < 4.78 is 12.9. The van der Waals surface area contributed by atoms with Crippen molar-refractivity contribution >= 4 is 28.3 Å². The van der Waals surface area contributed by atoms with Crippen LogP contribution in [0.25, 0.3) is 10.9 Å². The van der Waals surface area contributed by atoms with E-state index < -0.39 is 0 Å². The lowest BCUT2D eigenvalue weighted by atomic mass is 10.0. The normalized spacial score (nSPS) is 12.3. The van der Waals surface area contributed by atoms with Gasteiger partial charge in [-0.25, -0.2) is 0 Å². The minimum Gasteiger partial charge on any atom is -0.454 e. The second-order valence-corrected chi connectivity index (χ2v) is 7.98. The zero-order valence-electron chi connectivity index (χ0n) is 16.7. The number of aryl methyl sites for hydroxylation is 1. The van der Waals surface area contributed by atoms with Gasteiger partial charge >= 0.3 is 0 Å². The Balaban J connectivity index is 1.71. The molecule has 4 aromatic rings. The Labute approximate surface area is 183 Å². The van der Waals surface area contributed by atoms with Crippen molar-refractivity contribution < 1.29 is 14.3 Å². The van der Waals surface area contributed by atoms with Crippen LogP contribution in [0.5, 0.6) is 11.5 Å². The first-order valence-corrected chi connectivity index (χ1v) is 10.2. The quantitative estimate of drug-likeness (QED) is 0.428. The first-order chi connectivity index (χ1) is 15.0. The summed E-state index contributed by atoms with van der Waals surface area (Å²) in [5, 5.41) is 0.941. The number of halogens is 1. The maximum Gasteiger partial charge on any atom is 0.231 e. The second-order valence-electron chi connectivity index (χ2n) is 7.55. The number of hydrogen-bond acceptors (Lipinski definition) is 4. The van der Waals surface area contributed by atoms with E-state index in [0.717, 1.165) is 11.1 Å². The number of carbonyl (C=O) groups excluding carboxylic acids is 1. The molecular formula is C25H18ClNO4. The van der Waals surface area contributed by atoms with Crippen molar-refractivity contribution in [3.05, 3.63) is 104 Å². The number of aromatic nitrogens is 1. The third-order valence-electron chi connectivity index (χ3n) is 5.36. The predicted octanol–water partition coefficient (Wildman–Crippen LogP) is 4.97. The number of rotatable bonds is 4. The SMILES string of the molecule is Cc1cccc(Cn2cc(C(=O)c3ccc(Cl)cc3)c(=O)c3cc4c(cc32)OCO4)c1. The van der Waals surface area contributed by atoms with Gasteiger partial charge in [-0.05, 0) is 42.8 Å². The van der Waals surface area contributed by atoms with Gasteiger partial charge in [-0.1, -0.05) is 41.4 Å². The van der Waals surface area contributed by atoms with Gasteiger partial charge in [0.25, 0.3) is 0 Å². The van der Waals surface area contributed by atoms with Crippen molar-refractivity contribution in [3.63, 3.8) is 0 Å². The van der Waals surface area contributed by atoms with Crippen molar-refractivity contribution in [3.8, 4) is 11.5 Å². The molecule has 1 aliphatic heterocycles. The Morgan fingerprint density at radius 2 is 1.77 bits per heavy atom. The molecule has 1 aromatic heterocycles. The summed E-state index contributed by atoms with van der Waals surface area (Å²) in [6.07, 6.45) is 1.63. The molecule has 0 unspecified atom stereocenters. The predicted molar refractivity (Wildman–Crippen MR) is 119 cm³/mol. The van der Waals surface area contributed by atoms with Gasteiger partial charge in [0.05, 0.1) is 16.5 Å². The molecule has 5 nitrogen and oxygen atoms in total. The lowest BCUT2D eigenvalue weighted by Crippen LogP contribution is -2.20. The van der Waals surface area contributed by atoms with E-state index in [2.05, 4.69) is 6.07 Å². The fourth-order valence-corrected chi connectivity index (χ4v) is 3.96. The molecular weight excluding hydrogens is 414 g/mol. The van der Waals surface area contributed by atoms with Crippen LogP contribution < -0.4 is 14.9 Å². The molecule has 2 heterocycles. The van der Waals surface area contributed by atoms with Gasteiger partial charge in [-0.3, -0.25) is 9.59 Å². The van der Waals surface area contributed by atoms with Gasteiger partial charge in [-0.2, -0.15) is 0 Å². The van der Waals surface area contributed by atoms with Gasteiger partial charge in [-0.15, -0.1) is 0 Å². The lowest BCUT2D eigenvalue weighted by Gasteiger charge is -2.14. The summed E-state index contributed by atoms with van der Waals surface area (Å²) in [5.74, 6) is 0.740. The zero-order chi connectivity index (χ0) is 21.5. The van der Waals surface area contributed by atoms with Gasteiger partial charge < -0.3 is 14.0 Å². The second kappa shape index (κ2) is 7.60. The van der Waals surface area contributed by atoms with E-state index in [4.69, 9.17) is 21.1 Å².